The van der Waals surface area contributed by atoms with Crippen molar-refractivity contribution < 1.29 is 9.59 Å². The summed E-state index contributed by atoms with van der Waals surface area (Å²) >= 11 is 0. The molecule has 1 unspecified atom stereocenters. The summed E-state index contributed by atoms with van der Waals surface area (Å²) in [7, 11) is 0. The molecular weight excluding hydrogens is 410 g/mol. The molecule has 2 aliphatic heterocycles. The Labute approximate surface area is 194 Å². The number of nitrogens with zero attached hydrogens (tertiary/aromatic N) is 2. The van der Waals surface area contributed by atoms with Crippen molar-refractivity contribution in [2.75, 3.05) is 19.8 Å². The van der Waals surface area contributed by atoms with Crippen LogP contribution < -0.4 is 5.32 Å². The molecule has 0 radical (unpaired) electrons. The van der Waals surface area contributed by atoms with E-state index in [9.17, 15) is 9.59 Å². The van der Waals surface area contributed by atoms with Gasteiger partial charge in [-0.05, 0) is 28.7 Å². The zero-order chi connectivity index (χ0) is 22.7. The van der Waals surface area contributed by atoms with Gasteiger partial charge in [-0.25, -0.2) is 9.69 Å². The molecule has 2 heterocycles. The third-order valence-corrected chi connectivity index (χ3v) is 6.53. The lowest BCUT2D eigenvalue weighted by atomic mass is 9.83. The van der Waals surface area contributed by atoms with Gasteiger partial charge in [-0.3, -0.25) is 9.69 Å². The van der Waals surface area contributed by atoms with E-state index in [0.717, 1.165) is 24.1 Å². The van der Waals surface area contributed by atoms with Gasteiger partial charge >= 0.3 is 6.03 Å². The summed E-state index contributed by atoms with van der Waals surface area (Å²) in [5.74, 6) is -0.194. The molecule has 0 spiro atoms. The van der Waals surface area contributed by atoms with E-state index in [1.165, 1.54) is 16.0 Å². The Morgan fingerprint density at radius 3 is 2.09 bits per heavy atom. The molecule has 1 fully saturated rings. The molecule has 0 aromatic heterocycles. The smallest absolute Gasteiger partial charge is 0.319 e. The van der Waals surface area contributed by atoms with Crippen molar-refractivity contribution in [3.8, 4) is 0 Å². The Hall–Kier alpha value is -3.70. The van der Waals surface area contributed by atoms with Crippen LogP contribution in [0.2, 0.25) is 0 Å². The Kier molecular flexibility index (Phi) is 5.80. The van der Waals surface area contributed by atoms with Crippen LogP contribution in [0.15, 0.2) is 97.1 Å². The van der Waals surface area contributed by atoms with Crippen molar-refractivity contribution in [1.29, 1.82) is 0 Å². The Balaban J connectivity index is 1.37. The molecule has 3 amide bonds. The van der Waals surface area contributed by atoms with E-state index in [1.807, 2.05) is 78.9 Å². The van der Waals surface area contributed by atoms with Crippen molar-refractivity contribution in [1.82, 2.24) is 15.1 Å². The lowest BCUT2D eigenvalue weighted by Gasteiger charge is -2.31. The van der Waals surface area contributed by atoms with Gasteiger partial charge in [0, 0.05) is 19.5 Å². The summed E-state index contributed by atoms with van der Waals surface area (Å²) in [6.07, 6.45) is 3.50. The van der Waals surface area contributed by atoms with Gasteiger partial charge in [0.2, 0.25) is 0 Å². The van der Waals surface area contributed by atoms with E-state index in [2.05, 4.69) is 28.4 Å². The molecule has 0 bridgehead atoms. The van der Waals surface area contributed by atoms with E-state index in [1.54, 1.807) is 0 Å². The van der Waals surface area contributed by atoms with Crippen molar-refractivity contribution in [3.05, 3.63) is 114 Å². The van der Waals surface area contributed by atoms with Gasteiger partial charge in [-0.2, -0.15) is 0 Å². The summed E-state index contributed by atoms with van der Waals surface area (Å²) < 4.78 is 0. The summed E-state index contributed by atoms with van der Waals surface area (Å²) in [6.45, 7) is 1.79. The van der Waals surface area contributed by atoms with E-state index >= 15 is 0 Å². The molecule has 2 aliphatic rings. The molecule has 33 heavy (non-hydrogen) atoms. The molecule has 5 heteroatoms. The molecule has 166 valence electrons. The van der Waals surface area contributed by atoms with E-state index < -0.39 is 5.54 Å². The third kappa shape index (κ3) is 4.20. The first-order valence-corrected chi connectivity index (χ1v) is 11.4. The molecule has 1 N–H and O–H groups in total. The molecule has 5 nitrogen and oxygen atoms in total. The minimum absolute atomic E-state index is 0.194. The fraction of sp³-hybridized carbons (Fsp3) is 0.214. The highest BCUT2D eigenvalue weighted by atomic mass is 16.2. The molecule has 0 aliphatic carbocycles. The average molecular weight is 438 g/mol. The maximum atomic E-state index is 13.8. The number of rotatable bonds is 6. The van der Waals surface area contributed by atoms with Crippen molar-refractivity contribution in [2.24, 2.45) is 0 Å². The normalized spacial score (nSPS) is 21.1. The van der Waals surface area contributed by atoms with E-state index in [-0.39, 0.29) is 18.6 Å². The Bertz CT molecular complexity index is 1160. The highest BCUT2D eigenvalue weighted by Gasteiger charge is 2.52. The van der Waals surface area contributed by atoms with Crippen LogP contribution in [0.5, 0.6) is 0 Å². The zero-order valence-corrected chi connectivity index (χ0v) is 18.5. The maximum Gasteiger partial charge on any atom is 0.326 e. The number of hydrogen-bond acceptors (Lipinski definition) is 3. The highest BCUT2D eigenvalue weighted by Crippen LogP contribution is 2.33. The fourth-order valence-electron chi connectivity index (χ4n) is 4.75. The van der Waals surface area contributed by atoms with Gasteiger partial charge in [0.05, 0.1) is 6.67 Å². The number of carbonyl (C=O) groups is 2. The number of hydrogen-bond donors (Lipinski definition) is 1. The highest BCUT2D eigenvalue weighted by molar-refractivity contribution is 6.07. The van der Waals surface area contributed by atoms with Crippen LogP contribution in [0, 0.1) is 0 Å². The second-order valence-corrected chi connectivity index (χ2v) is 8.66. The van der Waals surface area contributed by atoms with Crippen LogP contribution in [0.3, 0.4) is 0 Å². The van der Waals surface area contributed by atoms with Crippen LogP contribution in [0.4, 0.5) is 4.79 Å². The van der Waals surface area contributed by atoms with Gasteiger partial charge in [0.1, 0.15) is 0 Å². The van der Waals surface area contributed by atoms with Crippen LogP contribution in [-0.4, -0.2) is 41.5 Å². The number of amides is 3. The van der Waals surface area contributed by atoms with Crippen LogP contribution in [-0.2, 0) is 16.8 Å². The number of carbonyl (C=O) groups excluding carboxylic acids is 2. The predicted octanol–water partition coefficient (Wildman–Crippen LogP) is 4.42. The molecule has 0 saturated carbocycles. The summed E-state index contributed by atoms with van der Waals surface area (Å²) in [5.41, 5.74) is 3.26. The summed E-state index contributed by atoms with van der Waals surface area (Å²) in [6, 6.07) is 29.4. The third-order valence-electron chi connectivity index (χ3n) is 6.53. The van der Waals surface area contributed by atoms with Gasteiger partial charge in [0.15, 0.2) is 5.54 Å². The van der Waals surface area contributed by atoms with Gasteiger partial charge in [-0.1, -0.05) is 97.1 Å². The van der Waals surface area contributed by atoms with Crippen LogP contribution >= 0.6 is 0 Å². The minimum atomic E-state index is -1.10. The number of imide groups is 1. The molecule has 1 atom stereocenters. The lowest BCUT2D eigenvalue weighted by Crippen LogP contribution is -2.47. The molecule has 3 aromatic rings. The first-order chi connectivity index (χ1) is 16.2. The fourth-order valence-corrected chi connectivity index (χ4v) is 4.75. The van der Waals surface area contributed by atoms with Crippen molar-refractivity contribution in [3.63, 3.8) is 0 Å². The summed E-state index contributed by atoms with van der Waals surface area (Å²) in [4.78, 5) is 30.4. The second-order valence-electron chi connectivity index (χ2n) is 8.66. The standard InChI is InChI=1S/C28H27N3O2/c32-26-28(25-14-8-3-9-15-25,20-22-10-4-1-5-11-22)29-27(33)31(26)21-30-18-16-24(17-19-30)23-12-6-2-7-13-23/h1-16H,17-21H2,(H,29,33). The minimum Gasteiger partial charge on any atom is -0.319 e. The van der Waals surface area contributed by atoms with Gasteiger partial charge in [-0.15, -0.1) is 0 Å². The van der Waals surface area contributed by atoms with E-state index in [4.69, 9.17) is 0 Å². The van der Waals surface area contributed by atoms with Crippen molar-refractivity contribution in [2.45, 2.75) is 18.4 Å². The first-order valence-electron chi connectivity index (χ1n) is 11.4. The van der Waals surface area contributed by atoms with Gasteiger partial charge < -0.3 is 5.32 Å². The molecule has 1 saturated heterocycles. The number of urea groups is 1. The molecular formula is C28H27N3O2. The largest absolute Gasteiger partial charge is 0.326 e. The number of benzene rings is 3. The lowest BCUT2D eigenvalue weighted by molar-refractivity contribution is -0.133. The van der Waals surface area contributed by atoms with Crippen LogP contribution in [0.1, 0.15) is 23.1 Å². The summed E-state index contributed by atoms with van der Waals surface area (Å²) in [5, 5.41) is 3.05. The topological polar surface area (TPSA) is 52.7 Å². The monoisotopic (exact) mass is 437 g/mol. The quantitative estimate of drug-likeness (QED) is 0.581. The van der Waals surface area contributed by atoms with Crippen LogP contribution in [0.25, 0.3) is 5.57 Å². The maximum absolute atomic E-state index is 13.8. The second kappa shape index (κ2) is 9.04. The van der Waals surface area contributed by atoms with Gasteiger partial charge in [0.25, 0.3) is 5.91 Å². The molecule has 3 aromatic carbocycles. The predicted molar refractivity (Wildman–Crippen MR) is 129 cm³/mol. The zero-order valence-electron chi connectivity index (χ0n) is 18.5. The average Bonchev–Trinajstić information content (AvgIpc) is 3.11. The SMILES string of the molecule is O=C1NC(Cc2ccccc2)(c2ccccc2)C(=O)N1CN1CC=C(c2ccccc2)CC1. The number of nitrogens with one attached hydrogen (secondary N) is 1. The Morgan fingerprint density at radius 2 is 1.45 bits per heavy atom. The first kappa shape index (κ1) is 21.2. The van der Waals surface area contributed by atoms with E-state index in [0.29, 0.717) is 13.0 Å². The van der Waals surface area contributed by atoms with Crippen molar-refractivity contribution >= 4 is 17.5 Å². The molecule has 5 rings (SSSR count). The Morgan fingerprint density at radius 1 is 0.818 bits per heavy atom.